The fraction of sp³-hybridized carbons (Fsp3) is 0.263. The third-order valence-electron chi connectivity index (χ3n) is 4.55. The van der Waals surface area contributed by atoms with Gasteiger partial charge in [-0.25, -0.2) is 0 Å². The van der Waals surface area contributed by atoms with E-state index in [1.807, 2.05) is 18.2 Å². The van der Waals surface area contributed by atoms with Gasteiger partial charge in [0, 0.05) is 36.8 Å². The average molecular weight is 388 g/mol. The van der Waals surface area contributed by atoms with E-state index >= 15 is 0 Å². The van der Waals surface area contributed by atoms with Crippen LogP contribution in [0.25, 0.3) is 0 Å². The van der Waals surface area contributed by atoms with Crippen LogP contribution in [0.3, 0.4) is 0 Å². The molecule has 0 aromatic heterocycles. The average Bonchev–Trinajstić information content (AvgIpc) is 2.68. The molecule has 3 rings (SSSR count). The second-order valence-electron chi connectivity index (χ2n) is 6.33. The van der Waals surface area contributed by atoms with Crippen molar-refractivity contribution < 1.29 is 14.5 Å². The number of piperidine rings is 1. The number of nitrogens with one attached hydrogen (secondary N) is 1. The van der Waals surface area contributed by atoms with E-state index in [1.54, 1.807) is 17.0 Å². The van der Waals surface area contributed by atoms with Crippen molar-refractivity contribution in [3.05, 3.63) is 74.8 Å². The summed E-state index contributed by atoms with van der Waals surface area (Å²) in [5, 5.41) is 13.8. The molecule has 1 heterocycles. The van der Waals surface area contributed by atoms with Crippen molar-refractivity contribution in [2.45, 2.75) is 18.9 Å². The van der Waals surface area contributed by atoms with Crippen LogP contribution in [0.1, 0.15) is 33.6 Å². The smallest absolute Gasteiger partial charge is 0.270 e. The van der Waals surface area contributed by atoms with Gasteiger partial charge in [-0.15, -0.1) is 0 Å². The molecular weight excluding hydrogens is 370 g/mol. The Morgan fingerprint density at radius 3 is 2.37 bits per heavy atom. The first-order chi connectivity index (χ1) is 13.0. The molecule has 27 heavy (non-hydrogen) atoms. The zero-order chi connectivity index (χ0) is 19.4. The van der Waals surface area contributed by atoms with Gasteiger partial charge < -0.3 is 10.2 Å². The monoisotopic (exact) mass is 387 g/mol. The van der Waals surface area contributed by atoms with Gasteiger partial charge in [0.25, 0.3) is 17.5 Å². The molecule has 7 nitrogen and oxygen atoms in total. The molecule has 0 bridgehead atoms. The predicted molar refractivity (Wildman–Crippen MR) is 101 cm³/mol. The minimum absolute atomic E-state index is 0.00547. The first-order valence-corrected chi connectivity index (χ1v) is 8.92. The van der Waals surface area contributed by atoms with Crippen LogP contribution in [0.4, 0.5) is 5.69 Å². The van der Waals surface area contributed by atoms with E-state index in [9.17, 15) is 19.7 Å². The van der Waals surface area contributed by atoms with Crippen LogP contribution in [-0.2, 0) is 0 Å². The molecule has 2 amide bonds. The van der Waals surface area contributed by atoms with Gasteiger partial charge in [0.15, 0.2) is 0 Å². The van der Waals surface area contributed by atoms with Gasteiger partial charge in [-0.1, -0.05) is 29.8 Å². The van der Waals surface area contributed by atoms with E-state index in [4.69, 9.17) is 11.6 Å². The number of halogens is 1. The van der Waals surface area contributed by atoms with Crippen molar-refractivity contribution >= 4 is 29.1 Å². The van der Waals surface area contributed by atoms with Crippen molar-refractivity contribution in [1.29, 1.82) is 0 Å². The lowest BCUT2D eigenvalue weighted by Gasteiger charge is -2.32. The van der Waals surface area contributed by atoms with Crippen LogP contribution < -0.4 is 5.32 Å². The van der Waals surface area contributed by atoms with Gasteiger partial charge in [-0.2, -0.15) is 0 Å². The highest BCUT2D eigenvalue weighted by Gasteiger charge is 2.26. The van der Waals surface area contributed by atoms with Crippen molar-refractivity contribution in [2.24, 2.45) is 0 Å². The van der Waals surface area contributed by atoms with Crippen LogP contribution in [0, 0.1) is 10.1 Å². The highest BCUT2D eigenvalue weighted by molar-refractivity contribution is 6.34. The molecule has 1 fully saturated rings. The predicted octanol–water partition coefficient (Wildman–Crippen LogP) is 3.28. The molecular formula is C19H18ClN3O4. The van der Waals surface area contributed by atoms with E-state index in [2.05, 4.69) is 5.32 Å². The first kappa shape index (κ1) is 18.8. The van der Waals surface area contributed by atoms with Crippen molar-refractivity contribution in [1.82, 2.24) is 10.2 Å². The maximum absolute atomic E-state index is 12.6. The standard InChI is InChI=1S/C19H18ClN3O4/c20-17-12-15(23(26)27)6-7-16(17)19(25)22-10-8-14(9-11-22)21-18(24)13-4-2-1-3-5-13/h1-7,12,14H,8-11H2,(H,21,24). The number of likely N-dealkylation sites (tertiary alicyclic amines) is 1. The Hall–Kier alpha value is -2.93. The van der Waals surface area contributed by atoms with Gasteiger partial charge in [0.1, 0.15) is 0 Å². The molecule has 1 aliphatic rings. The summed E-state index contributed by atoms with van der Waals surface area (Å²) in [6.45, 7) is 0.956. The molecule has 0 unspecified atom stereocenters. The Morgan fingerprint density at radius 1 is 1.11 bits per heavy atom. The summed E-state index contributed by atoms with van der Waals surface area (Å²) in [5.74, 6) is -0.387. The van der Waals surface area contributed by atoms with Gasteiger partial charge in [0.2, 0.25) is 0 Å². The summed E-state index contributed by atoms with van der Waals surface area (Å²) in [7, 11) is 0. The Kier molecular flexibility index (Phi) is 5.71. The number of hydrogen-bond donors (Lipinski definition) is 1. The second kappa shape index (κ2) is 8.18. The van der Waals surface area contributed by atoms with E-state index < -0.39 is 4.92 Å². The Bertz CT molecular complexity index is 865. The third-order valence-corrected chi connectivity index (χ3v) is 4.86. The number of hydrogen-bond acceptors (Lipinski definition) is 4. The molecule has 0 spiro atoms. The van der Waals surface area contributed by atoms with Crippen molar-refractivity contribution in [3.63, 3.8) is 0 Å². The number of nitrogens with zero attached hydrogens (tertiary/aromatic N) is 2. The number of amides is 2. The number of nitro groups is 1. The van der Waals surface area contributed by atoms with Crippen LogP contribution in [0.15, 0.2) is 48.5 Å². The number of rotatable bonds is 4. The number of benzene rings is 2. The van der Waals surface area contributed by atoms with Crippen LogP contribution >= 0.6 is 11.6 Å². The Morgan fingerprint density at radius 2 is 1.78 bits per heavy atom. The molecule has 1 aliphatic heterocycles. The third kappa shape index (κ3) is 4.43. The molecule has 0 radical (unpaired) electrons. The zero-order valence-electron chi connectivity index (χ0n) is 14.4. The van der Waals surface area contributed by atoms with Gasteiger partial charge >= 0.3 is 0 Å². The molecule has 2 aromatic rings. The molecule has 0 saturated carbocycles. The molecule has 140 valence electrons. The summed E-state index contributed by atoms with van der Waals surface area (Å²) in [4.78, 5) is 36.7. The topological polar surface area (TPSA) is 92.6 Å². The second-order valence-corrected chi connectivity index (χ2v) is 6.73. The summed E-state index contributed by atoms with van der Waals surface area (Å²) in [6, 6.07) is 12.8. The highest BCUT2D eigenvalue weighted by Crippen LogP contribution is 2.25. The molecule has 8 heteroatoms. The summed E-state index contributed by atoms with van der Waals surface area (Å²) >= 11 is 6.04. The van der Waals surface area contributed by atoms with Crippen LogP contribution in [0.2, 0.25) is 5.02 Å². The number of non-ortho nitro benzene ring substituents is 1. The summed E-state index contributed by atoms with van der Waals surface area (Å²) in [5.41, 5.74) is 0.696. The van der Waals surface area contributed by atoms with Crippen LogP contribution in [0.5, 0.6) is 0 Å². The quantitative estimate of drug-likeness (QED) is 0.643. The fourth-order valence-electron chi connectivity index (χ4n) is 3.05. The van der Waals surface area contributed by atoms with Crippen molar-refractivity contribution in [2.75, 3.05) is 13.1 Å². The minimum Gasteiger partial charge on any atom is -0.349 e. The normalized spacial score (nSPS) is 14.6. The molecule has 1 saturated heterocycles. The summed E-state index contributed by atoms with van der Waals surface area (Å²) < 4.78 is 0. The molecule has 0 aliphatic carbocycles. The highest BCUT2D eigenvalue weighted by atomic mass is 35.5. The van der Waals surface area contributed by atoms with E-state index in [0.29, 0.717) is 31.5 Å². The SMILES string of the molecule is O=C(NC1CCN(C(=O)c2ccc([N+](=O)[O-])cc2Cl)CC1)c1ccccc1. The Balaban J connectivity index is 1.58. The van der Waals surface area contributed by atoms with Gasteiger partial charge in [0.05, 0.1) is 15.5 Å². The zero-order valence-corrected chi connectivity index (χ0v) is 15.2. The summed E-state index contributed by atoms with van der Waals surface area (Å²) in [6.07, 6.45) is 1.27. The van der Waals surface area contributed by atoms with Gasteiger partial charge in [-0.3, -0.25) is 19.7 Å². The first-order valence-electron chi connectivity index (χ1n) is 8.55. The molecule has 1 N–H and O–H groups in total. The van der Waals surface area contributed by atoms with Crippen LogP contribution in [-0.4, -0.2) is 40.8 Å². The Labute approximate surface area is 161 Å². The molecule has 2 aromatic carbocycles. The minimum atomic E-state index is -0.555. The molecule has 0 atom stereocenters. The lowest BCUT2D eigenvalue weighted by Crippen LogP contribution is -2.46. The number of nitro benzene ring substituents is 1. The van der Waals surface area contributed by atoms with E-state index in [1.165, 1.54) is 18.2 Å². The maximum Gasteiger partial charge on any atom is 0.270 e. The lowest BCUT2D eigenvalue weighted by atomic mass is 10.0. The number of carbonyl (C=O) groups is 2. The maximum atomic E-state index is 12.6. The van der Waals surface area contributed by atoms with E-state index in [-0.39, 0.29) is 34.1 Å². The largest absolute Gasteiger partial charge is 0.349 e. The van der Waals surface area contributed by atoms with Gasteiger partial charge in [-0.05, 0) is 31.0 Å². The van der Waals surface area contributed by atoms with Crippen molar-refractivity contribution in [3.8, 4) is 0 Å². The lowest BCUT2D eigenvalue weighted by molar-refractivity contribution is -0.384. The van der Waals surface area contributed by atoms with E-state index in [0.717, 1.165) is 0 Å². The fourth-order valence-corrected chi connectivity index (χ4v) is 3.30. The number of carbonyl (C=O) groups excluding carboxylic acids is 2.